The molecule has 0 saturated carbocycles. The van der Waals surface area contributed by atoms with Crippen LogP contribution in [0.1, 0.15) is 32.3 Å². The van der Waals surface area contributed by atoms with Crippen LogP contribution < -0.4 is 10.1 Å². The molecule has 1 unspecified atom stereocenters. The molecular weight excluding hydrogens is 270 g/mol. The van der Waals surface area contributed by atoms with E-state index >= 15 is 0 Å². The molecule has 116 valence electrons. The van der Waals surface area contributed by atoms with E-state index in [1.54, 1.807) is 21.0 Å². The molecule has 0 saturated heterocycles. The summed E-state index contributed by atoms with van der Waals surface area (Å²) in [6, 6.07) is 6.87. The number of carboxylic acid groups (broad SMARTS) is 1. The molecule has 0 radical (unpaired) electrons. The normalized spacial score (nSPS) is 12.0. The predicted octanol–water partition coefficient (Wildman–Crippen LogP) is 2.24. The maximum atomic E-state index is 11.8. The number of ether oxygens (including phenoxy) is 1. The highest BCUT2D eigenvalue weighted by Gasteiger charge is 2.22. The molecule has 21 heavy (non-hydrogen) atoms. The maximum Gasteiger partial charge on any atom is 0.326 e. The lowest BCUT2D eigenvalue weighted by atomic mass is 10.0. The number of amides is 1. The van der Waals surface area contributed by atoms with E-state index in [0.29, 0.717) is 12.8 Å². The topological polar surface area (TPSA) is 75.6 Å². The third-order valence-electron chi connectivity index (χ3n) is 3.25. The predicted molar refractivity (Wildman–Crippen MR) is 80.3 cm³/mol. The van der Waals surface area contributed by atoms with Gasteiger partial charge in [-0.15, -0.1) is 0 Å². The van der Waals surface area contributed by atoms with Gasteiger partial charge in [0.05, 0.1) is 7.11 Å². The molecule has 1 atom stereocenters. The van der Waals surface area contributed by atoms with Crippen molar-refractivity contribution in [2.75, 3.05) is 7.11 Å². The number of carbonyl (C=O) groups is 2. The summed E-state index contributed by atoms with van der Waals surface area (Å²) in [5, 5.41) is 11.6. The molecule has 0 aliphatic carbocycles. The van der Waals surface area contributed by atoms with E-state index in [2.05, 4.69) is 5.32 Å². The minimum Gasteiger partial charge on any atom is -0.497 e. The van der Waals surface area contributed by atoms with Crippen molar-refractivity contribution in [1.29, 1.82) is 0 Å². The molecule has 2 N–H and O–H groups in total. The second-order valence-electron chi connectivity index (χ2n) is 5.33. The van der Waals surface area contributed by atoms with Gasteiger partial charge in [-0.1, -0.05) is 26.0 Å². The van der Waals surface area contributed by atoms with Crippen molar-refractivity contribution in [3.05, 3.63) is 29.8 Å². The fourth-order valence-corrected chi connectivity index (χ4v) is 2.04. The molecule has 0 fully saturated rings. The van der Waals surface area contributed by atoms with Crippen LogP contribution in [0.5, 0.6) is 5.75 Å². The third-order valence-corrected chi connectivity index (χ3v) is 3.25. The van der Waals surface area contributed by atoms with Crippen molar-refractivity contribution in [3.63, 3.8) is 0 Å². The highest BCUT2D eigenvalue weighted by Crippen LogP contribution is 2.14. The van der Waals surface area contributed by atoms with Crippen molar-refractivity contribution < 1.29 is 19.4 Å². The number of benzene rings is 1. The zero-order chi connectivity index (χ0) is 15.8. The van der Waals surface area contributed by atoms with Gasteiger partial charge in [0.1, 0.15) is 11.8 Å². The fourth-order valence-electron chi connectivity index (χ4n) is 2.04. The lowest BCUT2D eigenvalue weighted by Gasteiger charge is -2.17. The first-order valence-electron chi connectivity index (χ1n) is 7.09. The highest BCUT2D eigenvalue weighted by atomic mass is 16.5. The smallest absolute Gasteiger partial charge is 0.326 e. The molecule has 0 bridgehead atoms. The van der Waals surface area contributed by atoms with Gasteiger partial charge >= 0.3 is 5.97 Å². The van der Waals surface area contributed by atoms with Crippen LogP contribution in [0.15, 0.2) is 24.3 Å². The van der Waals surface area contributed by atoms with E-state index in [9.17, 15) is 9.59 Å². The van der Waals surface area contributed by atoms with E-state index in [1.165, 1.54) is 0 Å². The van der Waals surface area contributed by atoms with E-state index in [1.807, 2.05) is 24.3 Å². The summed E-state index contributed by atoms with van der Waals surface area (Å²) in [6.45, 7) is 3.55. The highest BCUT2D eigenvalue weighted by molar-refractivity contribution is 5.83. The average Bonchev–Trinajstić information content (AvgIpc) is 2.44. The molecule has 1 rings (SSSR count). The van der Waals surface area contributed by atoms with Gasteiger partial charge < -0.3 is 15.2 Å². The summed E-state index contributed by atoms with van der Waals surface area (Å²) in [5.74, 6) is -0.558. The standard InChI is InChI=1S/C16H23NO4/c1-11(2)15(16(19)20)17-14(18)9-5-7-12-6-4-8-13(10-12)21-3/h4,6,8,10-11,15H,5,7,9H2,1-3H3,(H,17,18)(H,19,20). The van der Waals surface area contributed by atoms with Gasteiger partial charge in [0.25, 0.3) is 0 Å². The van der Waals surface area contributed by atoms with Gasteiger partial charge in [-0.25, -0.2) is 4.79 Å². The molecule has 1 aromatic carbocycles. The maximum absolute atomic E-state index is 11.8. The van der Waals surface area contributed by atoms with Crippen LogP contribution in [0.25, 0.3) is 0 Å². The van der Waals surface area contributed by atoms with Crippen molar-refractivity contribution in [3.8, 4) is 5.75 Å². The second-order valence-corrected chi connectivity index (χ2v) is 5.33. The Morgan fingerprint density at radius 3 is 2.62 bits per heavy atom. The van der Waals surface area contributed by atoms with Crippen LogP contribution in [0.4, 0.5) is 0 Å². The lowest BCUT2D eigenvalue weighted by Crippen LogP contribution is -2.44. The first-order chi connectivity index (χ1) is 9.93. The van der Waals surface area contributed by atoms with Crippen LogP contribution in [0.2, 0.25) is 0 Å². The number of carboxylic acids is 1. The number of aliphatic carboxylic acids is 1. The Morgan fingerprint density at radius 1 is 1.33 bits per heavy atom. The SMILES string of the molecule is COc1cccc(CCCC(=O)NC(C(=O)O)C(C)C)c1. The van der Waals surface area contributed by atoms with E-state index in [0.717, 1.165) is 17.7 Å². The summed E-state index contributed by atoms with van der Waals surface area (Å²) in [6.07, 6.45) is 1.74. The van der Waals surface area contributed by atoms with Gasteiger partial charge in [0.15, 0.2) is 0 Å². The van der Waals surface area contributed by atoms with Crippen LogP contribution >= 0.6 is 0 Å². The van der Waals surface area contributed by atoms with Crippen LogP contribution in [0.3, 0.4) is 0 Å². The van der Waals surface area contributed by atoms with Gasteiger partial charge in [-0.2, -0.15) is 0 Å². The number of hydrogen-bond donors (Lipinski definition) is 2. The zero-order valence-electron chi connectivity index (χ0n) is 12.8. The molecule has 0 spiro atoms. The quantitative estimate of drug-likeness (QED) is 0.770. The zero-order valence-corrected chi connectivity index (χ0v) is 12.8. The number of aryl methyl sites for hydroxylation is 1. The molecule has 1 aromatic rings. The monoisotopic (exact) mass is 293 g/mol. The minimum atomic E-state index is -0.994. The number of carbonyl (C=O) groups excluding carboxylic acids is 1. The van der Waals surface area contributed by atoms with Crippen LogP contribution in [-0.4, -0.2) is 30.1 Å². The molecule has 0 aliphatic heterocycles. The summed E-state index contributed by atoms with van der Waals surface area (Å²) < 4.78 is 5.14. The summed E-state index contributed by atoms with van der Waals surface area (Å²) >= 11 is 0. The Kier molecular flexibility index (Phi) is 6.72. The minimum absolute atomic E-state index is 0.134. The Labute approximate surface area is 125 Å². The summed E-state index contributed by atoms with van der Waals surface area (Å²) in [5.41, 5.74) is 1.10. The van der Waals surface area contributed by atoms with Crippen molar-refractivity contribution in [2.24, 2.45) is 5.92 Å². The van der Waals surface area contributed by atoms with E-state index < -0.39 is 12.0 Å². The molecule has 0 heterocycles. The van der Waals surface area contributed by atoms with E-state index in [-0.39, 0.29) is 11.8 Å². The molecule has 5 nitrogen and oxygen atoms in total. The summed E-state index contributed by atoms with van der Waals surface area (Å²) in [7, 11) is 1.62. The molecule has 0 aromatic heterocycles. The van der Waals surface area contributed by atoms with Crippen molar-refractivity contribution in [1.82, 2.24) is 5.32 Å². The average molecular weight is 293 g/mol. The number of hydrogen-bond acceptors (Lipinski definition) is 3. The third kappa shape index (κ3) is 5.85. The molecule has 0 aliphatic rings. The van der Waals surface area contributed by atoms with Gasteiger partial charge in [0, 0.05) is 6.42 Å². The fraction of sp³-hybridized carbons (Fsp3) is 0.500. The summed E-state index contributed by atoms with van der Waals surface area (Å²) in [4.78, 5) is 22.8. The molecular formula is C16H23NO4. The molecule has 1 amide bonds. The van der Waals surface area contributed by atoms with Gasteiger partial charge in [0.2, 0.25) is 5.91 Å². The Hall–Kier alpha value is -2.04. The number of methoxy groups -OCH3 is 1. The number of nitrogens with one attached hydrogen (secondary N) is 1. The largest absolute Gasteiger partial charge is 0.497 e. The molecule has 5 heteroatoms. The Balaban J connectivity index is 2.41. The lowest BCUT2D eigenvalue weighted by molar-refractivity contribution is -0.143. The number of rotatable bonds is 8. The van der Waals surface area contributed by atoms with Crippen LogP contribution in [-0.2, 0) is 16.0 Å². The van der Waals surface area contributed by atoms with Gasteiger partial charge in [-0.3, -0.25) is 4.79 Å². The Bertz CT molecular complexity index is 485. The van der Waals surface area contributed by atoms with E-state index in [4.69, 9.17) is 9.84 Å². The van der Waals surface area contributed by atoms with Gasteiger partial charge in [-0.05, 0) is 36.5 Å². The van der Waals surface area contributed by atoms with Crippen molar-refractivity contribution in [2.45, 2.75) is 39.2 Å². The first-order valence-corrected chi connectivity index (χ1v) is 7.09. The van der Waals surface area contributed by atoms with Crippen LogP contribution in [0, 0.1) is 5.92 Å². The first kappa shape index (κ1) is 17.0. The second kappa shape index (κ2) is 8.29. The van der Waals surface area contributed by atoms with Crippen molar-refractivity contribution >= 4 is 11.9 Å². The Morgan fingerprint density at radius 2 is 2.05 bits per heavy atom.